The number of nitrogens with one attached hydrogen (secondary N) is 1. The van der Waals surface area contributed by atoms with Gasteiger partial charge in [0.15, 0.2) is 0 Å². The standard InChI is InChI=1S/C13H9F4N3/c14-11-4-2-1-3-9(11)7-19-20-12-6-5-10(8-18-12)13(15,16)17/h1-8H,(H,18,20)/b19-7+. The first-order chi connectivity index (χ1) is 9.47. The number of anilines is 1. The van der Waals surface area contributed by atoms with Crippen LogP contribution in [0, 0.1) is 5.82 Å². The van der Waals surface area contributed by atoms with E-state index in [0.29, 0.717) is 6.20 Å². The lowest BCUT2D eigenvalue weighted by atomic mass is 10.2. The molecule has 1 aromatic heterocycles. The number of halogens is 4. The fourth-order valence-electron chi connectivity index (χ4n) is 1.38. The van der Waals surface area contributed by atoms with Crippen LogP contribution >= 0.6 is 0 Å². The summed E-state index contributed by atoms with van der Waals surface area (Å²) < 4.78 is 50.2. The molecule has 20 heavy (non-hydrogen) atoms. The molecule has 0 aliphatic rings. The Morgan fingerprint density at radius 2 is 1.85 bits per heavy atom. The van der Waals surface area contributed by atoms with Crippen molar-refractivity contribution < 1.29 is 17.6 Å². The number of alkyl halides is 3. The third-order valence-electron chi connectivity index (χ3n) is 2.38. The van der Waals surface area contributed by atoms with Crippen LogP contribution in [-0.4, -0.2) is 11.2 Å². The minimum absolute atomic E-state index is 0.130. The normalized spacial score (nSPS) is 11.8. The van der Waals surface area contributed by atoms with E-state index in [-0.39, 0.29) is 11.4 Å². The topological polar surface area (TPSA) is 37.3 Å². The molecule has 0 radical (unpaired) electrons. The van der Waals surface area contributed by atoms with Gasteiger partial charge in [0.1, 0.15) is 11.6 Å². The summed E-state index contributed by atoms with van der Waals surface area (Å²) in [6, 6.07) is 7.99. The molecule has 0 amide bonds. The fourth-order valence-corrected chi connectivity index (χ4v) is 1.38. The Balaban J connectivity index is 2.03. The summed E-state index contributed by atoms with van der Waals surface area (Å²) in [4.78, 5) is 3.56. The largest absolute Gasteiger partial charge is 0.417 e. The van der Waals surface area contributed by atoms with Crippen molar-refractivity contribution in [3.63, 3.8) is 0 Å². The van der Waals surface area contributed by atoms with E-state index in [1.807, 2.05) is 0 Å². The summed E-state index contributed by atoms with van der Waals surface area (Å²) in [5.74, 6) is -0.316. The minimum atomic E-state index is -4.43. The van der Waals surface area contributed by atoms with Crippen LogP contribution in [0.15, 0.2) is 47.7 Å². The van der Waals surface area contributed by atoms with Crippen molar-refractivity contribution >= 4 is 12.0 Å². The van der Waals surface area contributed by atoms with E-state index in [1.54, 1.807) is 6.07 Å². The zero-order chi connectivity index (χ0) is 14.6. The Hall–Kier alpha value is -2.44. The maximum Gasteiger partial charge on any atom is 0.417 e. The first-order valence-electron chi connectivity index (χ1n) is 5.53. The molecule has 0 bridgehead atoms. The van der Waals surface area contributed by atoms with Crippen LogP contribution in [0.2, 0.25) is 0 Å². The maximum atomic E-state index is 13.2. The molecule has 2 rings (SSSR count). The number of hydrazone groups is 1. The van der Waals surface area contributed by atoms with E-state index < -0.39 is 17.6 Å². The first kappa shape index (κ1) is 14.0. The van der Waals surface area contributed by atoms with E-state index in [4.69, 9.17) is 0 Å². The monoisotopic (exact) mass is 283 g/mol. The van der Waals surface area contributed by atoms with E-state index in [9.17, 15) is 17.6 Å². The highest BCUT2D eigenvalue weighted by Gasteiger charge is 2.30. The Kier molecular flexibility index (Phi) is 3.97. The van der Waals surface area contributed by atoms with E-state index in [2.05, 4.69) is 15.5 Å². The number of nitrogens with zero attached hydrogens (tertiary/aromatic N) is 2. The zero-order valence-electron chi connectivity index (χ0n) is 10.0. The molecule has 1 heterocycles. The summed E-state index contributed by atoms with van der Waals surface area (Å²) in [6.07, 6.45) is -2.52. The van der Waals surface area contributed by atoms with Gasteiger partial charge in [-0.1, -0.05) is 18.2 Å². The number of hydrogen-bond acceptors (Lipinski definition) is 3. The molecule has 3 nitrogen and oxygen atoms in total. The number of rotatable bonds is 3. The first-order valence-corrected chi connectivity index (χ1v) is 5.53. The van der Waals surface area contributed by atoms with Gasteiger partial charge in [-0.3, -0.25) is 5.43 Å². The summed E-state index contributed by atoms with van der Waals surface area (Å²) >= 11 is 0. The lowest BCUT2D eigenvalue weighted by molar-refractivity contribution is -0.137. The molecule has 104 valence electrons. The second-order valence-electron chi connectivity index (χ2n) is 3.82. The molecule has 0 aliphatic carbocycles. The maximum absolute atomic E-state index is 13.2. The molecular formula is C13H9F4N3. The molecule has 0 saturated heterocycles. The predicted octanol–water partition coefficient (Wildman–Crippen LogP) is 3.69. The van der Waals surface area contributed by atoms with Gasteiger partial charge in [0.25, 0.3) is 0 Å². The molecule has 7 heteroatoms. The van der Waals surface area contributed by atoms with Gasteiger partial charge in [0.2, 0.25) is 0 Å². The van der Waals surface area contributed by atoms with Gasteiger partial charge < -0.3 is 0 Å². The fraction of sp³-hybridized carbons (Fsp3) is 0.0769. The number of pyridine rings is 1. The van der Waals surface area contributed by atoms with Crippen molar-refractivity contribution in [1.29, 1.82) is 0 Å². The van der Waals surface area contributed by atoms with Crippen molar-refractivity contribution in [1.82, 2.24) is 4.98 Å². The van der Waals surface area contributed by atoms with Crippen molar-refractivity contribution in [3.8, 4) is 0 Å². The molecule has 0 unspecified atom stereocenters. The lowest BCUT2D eigenvalue weighted by Gasteiger charge is -2.06. The number of benzene rings is 1. The SMILES string of the molecule is Fc1ccccc1/C=N/Nc1ccc(C(F)(F)F)cn1. The van der Waals surface area contributed by atoms with Gasteiger partial charge in [-0.15, -0.1) is 0 Å². The Morgan fingerprint density at radius 3 is 2.45 bits per heavy atom. The van der Waals surface area contributed by atoms with E-state index in [0.717, 1.165) is 12.1 Å². The summed E-state index contributed by atoms with van der Waals surface area (Å²) in [5, 5.41) is 3.71. The highest BCUT2D eigenvalue weighted by molar-refractivity contribution is 5.80. The van der Waals surface area contributed by atoms with Crippen molar-refractivity contribution in [2.24, 2.45) is 5.10 Å². The molecule has 0 spiro atoms. The van der Waals surface area contributed by atoms with Crippen LogP contribution in [0.3, 0.4) is 0 Å². The van der Waals surface area contributed by atoms with Crippen LogP contribution in [0.4, 0.5) is 23.4 Å². The number of hydrogen-bond donors (Lipinski definition) is 1. The number of aromatic nitrogens is 1. The zero-order valence-corrected chi connectivity index (χ0v) is 10.0. The molecule has 0 fully saturated rings. The van der Waals surface area contributed by atoms with Gasteiger partial charge in [-0.25, -0.2) is 9.37 Å². The lowest BCUT2D eigenvalue weighted by Crippen LogP contribution is -2.05. The second kappa shape index (κ2) is 5.68. The van der Waals surface area contributed by atoms with Crippen LogP contribution in [0.5, 0.6) is 0 Å². The molecule has 0 atom stereocenters. The van der Waals surface area contributed by atoms with Crippen LogP contribution in [0.1, 0.15) is 11.1 Å². The smallest absolute Gasteiger partial charge is 0.261 e. The third kappa shape index (κ3) is 3.53. The van der Waals surface area contributed by atoms with Crippen LogP contribution in [-0.2, 0) is 6.18 Å². The van der Waals surface area contributed by atoms with E-state index in [1.165, 1.54) is 24.4 Å². The van der Waals surface area contributed by atoms with Gasteiger partial charge in [0.05, 0.1) is 11.8 Å². The van der Waals surface area contributed by atoms with Crippen molar-refractivity contribution in [2.75, 3.05) is 5.43 Å². The highest BCUT2D eigenvalue weighted by atomic mass is 19.4. The van der Waals surface area contributed by atoms with E-state index >= 15 is 0 Å². The third-order valence-corrected chi connectivity index (χ3v) is 2.38. The minimum Gasteiger partial charge on any atom is -0.261 e. The molecule has 1 aromatic carbocycles. The van der Waals surface area contributed by atoms with Gasteiger partial charge in [-0.05, 0) is 18.2 Å². The average Bonchev–Trinajstić information content (AvgIpc) is 2.40. The Bertz CT molecular complexity index is 606. The summed E-state index contributed by atoms with van der Waals surface area (Å²) in [7, 11) is 0. The Morgan fingerprint density at radius 1 is 1.10 bits per heavy atom. The predicted molar refractivity (Wildman–Crippen MR) is 66.9 cm³/mol. The van der Waals surface area contributed by atoms with Crippen molar-refractivity contribution in [2.45, 2.75) is 6.18 Å². The molecule has 2 aromatic rings. The summed E-state index contributed by atoms with van der Waals surface area (Å²) in [5.41, 5.74) is 1.83. The Labute approximate surface area is 112 Å². The molecule has 1 N–H and O–H groups in total. The quantitative estimate of drug-likeness (QED) is 0.530. The van der Waals surface area contributed by atoms with Gasteiger partial charge in [0, 0.05) is 11.8 Å². The summed E-state index contributed by atoms with van der Waals surface area (Å²) in [6.45, 7) is 0. The second-order valence-corrected chi connectivity index (χ2v) is 3.82. The van der Waals surface area contributed by atoms with Gasteiger partial charge >= 0.3 is 6.18 Å². The molecule has 0 saturated carbocycles. The highest BCUT2D eigenvalue weighted by Crippen LogP contribution is 2.28. The molecular weight excluding hydrogens is 274 g/mol. The van der Waals surface area contributed by atoms with Crippen molar-refractivity contribution in [3.05, 3.63) is 59.5 Å². The molecule has 0 aliphatic heterocycles. The van der Waals surface area contributed by atoms with Crippen LogP contribution in [0.25, 0.3) is 0 Å². The van der Waals surface area contributed by atoms with Gasteiger partial charge in [-0.2, -0.15) is 18.3 Å². The average molecular weight is 283 g/mol. The van der Waals surface area contributed by atoms with Crippen LogP contribution < -0.4 is 5.43 Å².